The molecule has 0 aliphatic rings. The van der Waals surface area contributed by atoms with Crippen LogP contribution in [0.1, 0.15) is 32.6 Å². The third-order valence-electron chi connectivity index (χ3n) is 0.994. The van der Waals surface area contributed by atoms with Gasteiger partial charge in [0.05, 0.1) is 0 Å². The van der Waals surface area contributed by atoms with Crippen molar-refractivity contribution in [3.63, 3.8) is 0 Å². The second kappa shape index (κ2) is 8.34. The van der Waals surface area contributed by atoms with Gasteiger partial charge in [-0.2, -0.15) is 0 Å². The predicted molar refractivity (Wildman–Crippen MR) is 31.8 cm³/mol. The number of rotatable bonds is 4. The molecule has 0 saturated carbocycles. The van der Waals surface area contributed by atoms with Crippen molar-refractivity contribution in [3.8, 4) is 0 Å². The summed E-state index contributed by atoms with van der Waals surface area (Å²) in [7, 11) is 0. The van der Waals surface area contributed by atoms with Gasteiger partial charge in [-0.25, -0.2) is 0 Å². The van der Waals surface area contributed by atoms with Crippen molar-refractivity contribution in [3.05, 3.63) is 0 Å². The quantitative estimate of drug-likeness (QED) is 0.632. The monoisotopic (exact) mass is 296 g/mol. The fourth-order valence-electron chi connectivity index (χ4n) is 0.526. The molecule has 52 valence electrons. The van der Waals surface area contributed by atoms with Gasteiger partial charge in [0.1, 0.15) is 0 Å². The van der Waals surface area contributed by atoms with Crippen LogP contribution in [0.3, 0.4) is 0 Å². The maximum atomic E-state index is 9.87. The van der Waals surface area contributed by atoms with Gasteiger partial charge in [0.2, 0.25) is 0 Å². The summed E-state index contributed by atoms with van der Waals surface area (Å²) < 4.78 is 0. The largest absolute Gasteiger partial charge is 0.481 e. The zero-order valence-corrected chi connectivity index (χ0v) is 9.28. The second-order valence-corrected chi connectivity index (χ2v) is 1.85. The molecule has 0 bridgehead atoms. The molecule has 0 heterocycles. The zero-order chi connectivity index (χ0) is 6.41. The number of carboxylic acids is 1. The first kappa shape index (κ1) is 12.1. The molecule has 3 heteroatoms. The second-order valence-electron chi connectivity index (χ2n) is 1.85. The van der Waals surface area contributed by atoms with E-state index in [1.54, 1.807) is 0 Å². The molecule has 0 aromatic carbocycles. The summed E-state index contributed by atoms with van der Waals surface area (Å²) in [5.74, 6) is -0.682. The molecule has 0 aromatic rings. The average molecular weight is 295 g/mol. The number of aliphatic carboxylic acids is 1. The third-order valence-corrected chi connectivity index (χ3v) is 0.994. The summed E-state index contributed by atoms with van der Waals surface area (Å²) in [5, 5.41) is 8.14. The summed E-state index contributed by atoms with van der Waals surface area (Å²) in [6.07, 6.45) is 3.28. The van der Waals surface area contributed by atoms with Gasteiger partial charge >= 0.3 is 5.97 Å². The van der Waals surface area contributed by atoms with Crippen LogP contribution in [0.5, 0.6) is 0 Å². The van der Waals surface area contributed by atoms with E-state index in [1.165, 1.54) is 0 Å². The van der Waals surface area contributed by atoms with Crippen LogP contribution in [0, 0.1) is 0 Å². The van der Waals surface area contributed by atoms with Crippen molar-refractivity contribution in [2.75, 3.05) is 0 Å². The molecule has 0 aliphatic heterocycles. The third kappa shape index (κ3) is 11.8. The normalized spacial score (nSPS) is 8.11. The Balaban J connectivity index is 0. The van der Waals surface area contributed by atoms with Gasteiger partial charge < -0.3 is 5.11 Å². The van der Waals surface area contributed by atoms with E-state index in [-0.39, 0.29) is 25.8 Å². The molecule has 9 heavy (non-hydrogen) atoms. The van der Waals surface area contributed by atoms with Crippen LogP contribution in [-0.2, 0) is 30.6 Å². The van der Waals surface area contributed by atoms with E-state index < -0.39 is 5.97 Å². The van der Waals surface area contributed by atoms with E-state index >= 15 is 0 Å². The fraction of sp³-hybridized carbons (Fsp3) is 0.833. The Morgan fingerprint density at radius 3 is 2.33 bits per heavy atom. The van der Waals surface area contributed by atoms with Gasteiger partial charge in [-0.05, 0) is 6.42 Å². The van der Waals surface area contributed by atoms with Crippen LogP contribution in [0.4, 0.5) is 0 Å². The number of unbranched alkanes of at least 4 members (excludes halogenated alkanes) is 2. The molecule has 2 nitrogen and oxygen atoms in total. The topological polar surface area (TPSA) is 37.3 Å². The molecule has 0 radical (unpaired) electrons. The van der Waals surface area contributed by atoms with E-state index in [4.69, 9.17) is 5.11 Å². The Morgan fingerprint density at radius 2 is 2.00 bits per heavy atom. The Kier molecular flexibility index (Phi) is 11.2. The molecule has 0 rings (SSSR count). The number of hydrogen-bond donors (Lipinski definition) is 1. The van der Waals surface area contributed by atoms with E-state index in [1.807, 2.05) is 0 Å². The molecular weight excluding hydrogens is 283 g/mol. The van der Waals surface area contributed by atoms with Crippen LogP contribution in [0.25, 0.3) is 0 Å². The molecular formula is C6H12HfO2. The minimum absolute atomic E-state index is 0. The number of carboxylic acid groups (broad SMARTS) is 1. The maximum absolute atomic E-state index is 9.87. The van der Waals surface area contributed by atoms with E-state index in [0.717, 1.165) is 19.3 Å². The molecule has 0 atom stereocenters. The molecule has 1 N–H and O–H groups in total. The zero-order valence-electron chi connectivity index (χ0n) is 5.68. The molecule has 0 spiro atoms. The van der Waals surface area contributed by atoms with E-state index in [9.17, 15) is 4.79 Å². The van der Waals surface area contributed by atoms with Gasteiger partial charge in [-0.15, -0.1) is 0 Å². The first-order valence-corrected chi connectivity index (χ1v) is 2.99. The van der Waals surface area contributed by atoms with Gasteiger partial charge in [-0.3, -0.25) is 4.79 Å². The van der Waals surface area contributed by atoms with Crippen LogP contribution < -0.4 is 0 Å². The Morgan fingerprint density at radius 1 is 1.44 bits per heavy atom. The molecule has 0 saturated heterocycles. The van der Waals surface area contributed by atoms with E-state index in [0.29, 0.717) is 6.42 Å². The number of hydrogen-bond acceptors (Lipinski definition) is 1. The van der Waals surface area contributed by atoms with Crippen molar-refractivity contribution in [1.82, 2.24) is 0 Å². The smallest absolute Gasteiger partial charge is 0.303 e. The summed E-state index contributed by atoms with van der Waals surface area (Å²) >= 11 is 0. The predicted octanol–water partition coefficient (Wildman–Crippen LogP) is 1.65. The summed E-state index contributed by atoms with van der Waals surface area (Å²) in [6.45, 7) is 2.06. The van der Waals surface area contributed by atoms with Crippen molar-refractivity contribution in [2.45, 2.75) is 32.6 Å². The number of carbonyl (C=O) groups is 1. The maximum Gasteiger partial charge on any atom is 0.303 e. The first-order chi connectivity index (χ1) is 3.77. The SMILES string of the molecule is CCCCCC(=O)O.[Hf]. The standard InChI is InChI=1S/C6H12O2.Hf/c1-2-3-4-5-6(7)8;/h2-5H2,1H3,(H,7,8);. The first-order valence-electron chi connectivity index (χ1n) is 2.99. The van der Waals surface area contributed by atoms with Crippen molar-refractivity contribution >= 4 is 5.97 Å². The summed E-state index contributed by atoms with van der Waals surface area (Å²) in [5.41, 5.74) is 0. The summed E-state index contributed by atoms with van der Waals surface area (Å²) in [6, 6.07) is 0. The van der Waals surface area contributed by atoms with Crippen LogP contribution in [0.15, 0.2) is 0 Å². The molecule has 0 fully saturated rings. The molecule has 0 unspecified atom stereocenters. The molecule has 0 aliphatic carbocycles. The van der Waals surface area contributed by atoms with E-state index in [2.05, 4.69) is 6.92 Å². The Bertz CT molecular complexity index is 73.5. The van der Waals surface area contributed by atoms with Crippen molar-refractivity contribution in [2.24, 2.45) is 0 Å². The van der Waals surface area contributed by atoms with Gasteiger partial charge in [-0.1, -0.05) is 19.8 Å². The van der Waals surface area contributed by atoms with Gasteiger partial charge in [0, 0.05) is 32.3 Å². The van der Waals surface area contributed by atoms with Gasteiger partial charge in [0.15, 0.2) is 0 Å². The van der Waals surface area contributed by atoms with Crippen molar-refractivity contribution < 1.29 is 35.7 Å². The Hall–Kier alpha value is 0.340. The summed E-state index contributed by atoms with van der Waals surface area (Å²) in [4.78, 5) is 9.87. The van der Waals surface area contributed by atoms with Crippen molar-refractivity contribution in [1.29, 1.82) is 0 Å². The van der Waals surface area contributed by atoms with Crippen LogP contribution in [0.2, 0.25) is 0 Å². The fourth-order valence-corrected chi connectivity index (χ4v) is 0.526. The minimum atomic E-state index is -0.682. The average Bonchev–Trinajstić information content (AvgIpc) is 1.66. The van der Waals surface area contributed by atoms with Gasteiger partial charge in [0.25, 0.3) is 0 Å². The minimum Gasteiger partial charge on any atom is -0.481 e. The Labute approximate surface area is 74.4 Å². The van der Waals surface area contributed by atoms with Crippen LogP contribution >= 0.6 is 0 Å². The van der Waals surface area contributed by atoms with Crippen LogP contribution in [-0.4, -0.2) is 11.1 Å². The molecule has 0 amide bonds. The molecule has 0 aromatic heterocycles.